The van der Waals surface area contributed by atoms with E-state index in [0.29, 0.717) is 36.3 Å². The highest BCUT2D eigenvalue weighted by molar-refractivity contribution is 9.10. The molecular weight excluding hydrogens is 444 g/mol. The summed E-state index contributed by atoms with van der Waals surface area (Å²) >= 11 is 3.31. The number of nitrogens with one attached hydrogen (secondary N) is 1. The Morgan fingerprint density at radius 2 is 1.93 bits per heavy atom. The number of aryl methyl sites for hydroxylation is 2. The van der Waals surface area contributed by atoms with E-state index in [9.17, 15) is 13.2 Å². The maximum Gasteiger partial charge on any atom is 0.255 e. The molecule has 3 rings (SSSR count). The number of ether oxygens (including phenoxy) is 1. The molecule has 1 heterocycles. The van der Waals surface area contributed by atoms with Crippen molar-refractivity contribution in [3.8, 4) is 0 Å². The number of rotatable bonds is 5. The molecule has 0 spiro atoms. The minimum absolute atomic E-state index is 0.0857. The first-order valence-corrected chi connectivity index (χ1v) is 11.3. The first-order chi connectivity index (χ1) is 13.3. The number of carbonyl (C=O) groups excluding carboxylic acids is 1. The van der Waals surface area contributed by atoms with Gasteiger partial charge in [-0.05, 0) is 58.6 Å². The number of amides is 1. The smallest absolute Gasteiger partial charge is 0.255 e. The molecule has 0 saturated carbocycles. The van der Waals surface area contributed by atoms with Gasteiger partial charge in [0.1, 0.15) is 0 Å². The quantitative estimate of drug-likeness (QED) is 0.730. The first-order valence-electron chi connectivity index (χ1n) is 9.12. The molecule has 1 N–H and O–H groups in total. The molecule has 6 nitrogen and oxygen atoms in total. The number of benzene rings is 2. The zero-order valence-corrected chi connectivity index (χ0v) is 18.3. The van der Waals surface area contributed by atoms with Crippen molar-refractivity contribution in [3.63, 3.8) is 0 Å². The number of nitrogens with zero attached hydrogens (tertiary/aromatic N) is 1. The molecule has 1 amide bonds. The number of carbonyl (C=O) groups is 1. The molecule has 2 aromatic rings. The Labute approximate surface area is 174 Å². The molecule has 2 aromatic carbocycles. The molecule has 28 heavy (non-hydrogen) atoms. The molecule has 150 valence electrons. The molecule has 0 radical (unpaired) electrons. The topological polar surface area (TPSA) is 75.7 Å². The van der Waals surface area contributed by atoms with E-state index in [1.807, 2.05) is 32.0 Å². The summed E-state index contributed by atoms with van der Waals surface area (Å²) in [6, 6.07) is 10.5. The third-order valence-electron chi connectivity index (χ3n) is 4.76. The van der Waals surface area contributed by atoms with Crippen LogP contribution in [0.1, 0.15) is 28.4 Å². The van der Waals surface area contributed by atoms with Gasteiger partial charge in [-0.2, -0.15) is 4.31 Å². The number of halogens is 1. The molecule has 8 heteroatoms. The van der Waals surface area contributed by atoms with Gasteiger partial charge in [0.15, 0.2) is 0 Å². The van der Waals surface area contributed by atoms with Crippen LogP contribution in [0.25, 0.3) is 0 Å². The molecule has 0 aliphatic carbocycles. The van der Waals surface area contributed by atoms with Crippen LogP contribution >= 0.6 is 15.9 Å². The van der Waals surface area contributed by atoms with Gasteiger partial charge in [-0.25, -0.2) is 8.42 Å². The average molecular weight is 467 g/mol. The lowest BCUT2D eigenvalue weighted by atomic mass is 10.1. The van der Waals surface area contributed by atoms with Crippen molar-refractivity contribution in [3.05, 3.63) is 57.6 Å². The molecule has 0 bridgehead atoms. The molecule has 1 saturated heterocycles. The summed E-state index contributed by atoms with van der Waals surface area (Å²) in [7, 11) is -3.72. The van der Waals surface area contributed by atoms with Gasteiger partial charge < -0.3 is 10.1 Å². The first kappa shape index (κ1) is 21.0. The Balaban J connectivity index is 1.92. The Morgan fingerprint density at radius 3 is 2.61 bits per heavy atom. The summed E-state index contributed by atoms with van der Waals surface area (Å²) < 4.78 is 33.1. The van der Waals surface area contributed by atoms with Crippen LogP contribution < -0.4 is 5.32 Å². The van der Waals surface area contributed by atoms with Crippen LogP contribution in [-0.4, -0.2) is 44.9 Å². The van der Waals surface area contributed by atoms with Gasteiger partial charge in [0.2, 0.25) is 10.0 Å². The molecule has 1 aliphatic heterocycles. The van der Waals surface area contributed by atoms with Crippen LogP contribution in [-0.2, 0) is 21.2 Å². The highest BCUT2D eigenvalue weighted by atomic mass is 79.9. The molecule has 1 aliphatic rings. The largest absolute Gasteiger partial charge is 0.379 e. The monoisotopic (exact) mass is 466 g/mol. The fourth-order valence-corrected chi connectivity index (χ4v) is 5.51. The summed E-state index contributed by atoms with van der Waals surface area (Å²) in [5, 5.41) is 2.94. The van der Waals surface area contributed by atoms with Crippen LogP contribution in [0.15, 0.2) is 45.8 Å². The van der Waals surface area contributed by atoms with Crippen molar-refractivity contribution < 1.29 is 17.9 Å². The minimum Gasteiger partial charge on any atom is -0.379 e. The Morgan fingerprint density at radius 1 is 1.21 bits per heavy atom. The molecule has 0 aromatic heterocycles. The van der Waals surface area contributed by atoms with Gasteiger partial charge in [-0.3, -0.25) is 4.79 Å². The van der Waals surface area contributed by atoms with Crippen molar-refractivity contribution in [2.75, 3.05) is 31.6 Å². The fourth-order valence-electron chi connectivity index (χ4n) is 3.16. The van der Waals surface area contributed by atoms with Gasteiger partial charge >= 0.3 is 0 Å². The van der Waals surface area contributed by atoms with Gasteiger partial charge in [0.25, 0.3) is 5.91 Å². The highest BCUT2D eigenvalue weighted by Gasteiger charge is 2.29. The molecular formula is C20H23BrN2O4S. The zero-order valence-electron chi connectivity index (χ0n) is 15.9. The van der Waals surface area contributed by atoms with Crippen molar-refractivity contribution >= 4 is 37.5 Å². The lowest BCUT2D eigenvalue weighted by Gasteiger charge is -2.26. The Bertz CT molecular complexity index is 986. The summed E-state index contributed by atoms with van der Waals surface area (Å²) in [6.07, 6.45) is 0.786. The summed E-state index contributed by atoms with van der Waals surface area (Å²) in [4.78, 5) is 12.9. The second kappa shape index (κ2) is 8.73. The van der Waals surface area contributed by atoms with Crippen molar-refractivity contribution in [2.24, 2.45) is 0 Å². The molecule has 1 fully saturated rings. The summed E-state index contributed by atoms with van der Waals surface area (Å²) in [5.74, 6) is -0.338. The molecule has 0 atom stereocenters. The normalized spacial score (nSPS) is 15.4. The lowest BCUT2D eigenvalue weighted by molar-refractivity contribution is 0.0730. The second-order valence-electron chi connectivity index (χ2n) is 6.58. The predicted molar refractivity (Wildman–Crippen MR) is 112 cm³/mol. The lowest BCUT2D eigenvalue weighted by Crippen LogP contribution is -2.40. The van der Waals surface area contributed by atoms with Gasteiger partial charge in [-0.1, -0.05) is 25.1 Å². The standard InChI is InChI=1S/C20H23BrN2O4S/c1-3-15-6-4-5-14(2)19(15)22-20(24)16-7-8-17(21)18(13-16)28(25,26)23-9-11-27-12-10-23/h4-8,13H,3,9-12H2,1-2H3,(H,22,24). The van der Waals surface area contributed by atoms with E-state index >= 15 is 0 Å². The van der Waals surface area contributed by atoms with Crippen LogP contribution in [0.3, 0.4) is 0 Å². The predicted octanol–water partition coefficient (Wildman–Crippen LogP) is 3.59. The number of morpholine rings is 1. The minimum atomic E-state index is -3.72. The van der Waals surface area contributed by atoms with E-state index in [0.717, 1.165) is 23.2 Å². The number of sulfonamides is 1. The third kappa shape index (κ3) is 4.30. The number of anilines is 1. The van der Waals surface area contributed by atoms with Crippen molar-refractivity contribution in [1.29, 1.82) is 0 Å². The number of hydrogen-bond acceptors (Lipinski definition) is 4. The second-order valence-corrected chi connectivity index (χ2v) is 9.34. The van der Waals surface area contributed by atoms with Crippen LogP contribution in [0, 0.1) is 6.92 Å². The van der Waals surface area contributed by atoms with E-state index in [2.05, 4.69) is 21.2 Å². The van der Waals surface area contributed by atoms with Crippen molar-refractivity contribution in [1.82, 2.24) is 4.31 Å². The Kier molecular flexibility index (Phi) is 6.54. The molecule has 0 unspecified atom stereocenters. The maximum absolute atomic E-state index is 13.0. The SMILES string of the molecule is CCc1cccc(C)c1NC(=O)c1ccc(Br)c(S(=O)(=O)N2CCOCC2)c1. The summed E-state index contributed by atoms with van der Waals surface area (Å²) in [5.41, 5.74) is 3.06. The van der Waals surface area contributed by atoms with E-state index in [1.54, 1.807) is 12.1 Å². The van der Waals surface area contributed by atoms with Crippen LogP contribution in [0.2, 0.25) is 0 Å². The van der Waals surface area contributed by atoms with Crippen LogP contribution in [0.4, 0.5) is 5.69 Å². The average Bonchev–Trinajstić information content (AvgIpc) is 2.70. The number of hydrogen-bond donors (Lipinski definition) is 1. The van der Waals surface area contributed by atoms with Gasteiger partial charge in [0, 0.05) is 28.8 Å². The number of para-hydroxylation sites is 1. The third-order valence-corrected chi connectivity index (χ3v) is 7.65. The van der Waals surface area contributed by atoms with Gasteiger partial charge in [0.05, 0.1) is 18.1 Å². The van der Waals surface area contributed by atoms with E-state index in [1.165, 1.54) is 10.4 Å². The van der Waals surface area contributed by atoms with E-state index in [4.69, 9.17) is 4.74 Å². The van der Waals surface area contributed by atoms with Crippen LogP contribution in [0.5, 0.6) is 0 Å². The zero-order chi connectivity index (χ0) is 20.3. The van der Waals surface area contributed by atoms with E-state index < -0.39 is 10.0 Å². The van der Waals surface area contributed by atoms with Crippen molar-refractivity contribution in [2.45, 2.75) is 25.2 Å². The maximum atomic E-state index is 13.0. The fraction of sp³-hybridized carbons (Fsp3) is 0.350. The highest BCUT2D eigenvalue weighted by Crippen LogP contribution is 2.28. The van der Waals surface area contributed by atoms with Gasteiger partial charge in [-0.15, -0.1) is 0 Å². The Hall–Kier alpha value is -1.74. The summed E-state index contributed by atoms with van der Waals surface area (Å²) in [6.45, 7) is 5.29. The van der Waals surface area contributed by atoms with E-state index in [-0.39, 0.29) is 10.8 Å².